The van der Waals surface area contributed by atoms with Gasteiger partial charge in [-0.2, -0.15) is 5.10 Å². The molecular weight excluding hydrogens is 256 g/mol. The maximum atomic E-state index is 12.3. The number of carbonyl (C=O) groups excluding carboxylic acids is 1. The van der Waals surface area contributed by atoms with E-state index in [1.165, 1.54) is 0 Å². The molecule has 2 heterocycles. The molecular formula is C13H20N6O. The Morgan fingerprint density at radius 3 is 2.95 bits per heavy atom. The fraction of sp³-hybridized carbons (Fsp3) is 0.538. The van der Waals surface area contributed by atoms with Gasteiger partial charge < -0.3 is 9.47 Å². The van der Waals surface area contributed by atoms with Crippen molar-refractivity contribution in [3.63, 3.8) is 0 Å². The van der Waals surface area contributed by atoms with Gasteiger partial charge in [0, 0.05) is 26.0 Å². The van der Waals surface area contributed by atoms with Gasteiger partial charge in [-0.05, 0) is 13.0 Å². The lowest BCUT2D eigenvalue weighted by Gasteiger charge is -2.21. The van der Waals surface area contributed by atoms with E-state index in [1.807, 2.05) is 30.7 Å². The second-order valence-electron chi connectivity index (χ2n) is 4.86. The average Bonchev–Trinajstić information content (AvgIpc) is 3.08. The first kappa shape index (κ1) is 14.2. The Bertz CT molecular complexity index is 547. The number of amides is 1. The monoisotopic (exact) mass is 276 g/mol. The SMILES string of the molecule is CCn1cnnc1CN(C)C(=O)C(C)Cn1cccn1. The first-order valence-corrected chi connectivity index (χ1v) is 6.71. The molecule has 0 aliphatic carbocycles. The molecule has 1 atom stereocenters. The topological polar surface area (TPSA) is 68.8 Å². The summed E-state index contributed by atoms with van der Waals surface area (Å²) in [5.41, 5.74) is 0. The third-order valence-corrected chi connectivity index (χ3v) is 3.23. The number of rotatable bonds is 6. The van der Waals surface area contributed by atoms with Gasteiger partial charge >= 0.3 is 0 Å². The Balaban J connectivity index is 1.94. The predicted molar refractivity (Wildman–Crippen MR) is 73.6 cm³/mol. The number of aromatic nitrogens is 5. The minimum Gasteiger partial charge on any atom is -0.338 e. The molecule has 0 fully saturated rings. The van der Waals surface area contributed by atoms with Crippen LogP contribution in [0.3, 0.4) is 0 Å². The molecule has 2 aromatic heterocycles. The van der Waals surface area contributed by atoms with Crippen molar-refractivity contribution in [2.24, 2.45) is 5.92 Å². The predicted octanol–water partition coefficient (Wildman–Crippen LogP) is 0.789. The van der Waals surface area contributed by atoms with Crippen LogP contribution in [0.1, 0.15) is 19.7 Å². The molecule has 1 unspecified atom stereocenters. The first-order chi connectivity index (χ1) is 9.61. The molecule has 0 aliphatic heterocycles. The third kappa shape index (κ3) is 3.23. The van der Waals surface area contributed by atoms with E-state index >= 15 is 0 Å². The smallest absolute Gasteiger partial charge is 0.227 e. The lowest BCUT2D eigenvalue weighted by atomic mass is 10.1. The van der Waals surface area contributed by atoms with E-state index in [1.54, 1.807) is 29.2 Å². The van der Waals surface area contributed by atoms with Crippen LogP contribution >= 0.6 is 0 Å². The van der Waals surface area contributed by atoms with Crippen LogP contribution in [-0.2, 0) is 24.4 Å². The van der Waals surface area contributed by atoms with Crippen molar-refractivity contribution in [2.45, 2.75) is 33.5 Å². The summed E-state index contributed by atoms with van der Waals surface area (Å²) in [7, 11) is 1.79. The highest BCUT2D eigenvalue weighted by molar-refractivity contribution is 5.78. The molecule has 0 saturated heterocycles. The molecule has 7 heteroatoms. The summed E-state index contributed by atoms with van der Waals surface area (Å²) in [6.07, 6.45) is 5.25. The summed E-state index contributed by atoms with van der Waals surface area (Å²) < 4.78 is 3.70. The molecule has 0 spiro atoms. The highest BCUT2D eigenvalue weighted by Gasteiger charge is 2.19. The van der Waals surface area contributed by atoms with Crippen molar-refractivity contribution >= 4 is 5.91 Å². The molecule has 0 bridgehead atoms. The number of hydrogen-bond acceptors (Lipinski definition) is 4. The van der Waals surface area contributed by atoms with Gasteiger partial charge in [0.1, 0.15) is 6.33 Å². The lowest BCUT2D eigenvalue weighted by Crippen LogP contribution is -2.34. The van der Waals surface area contributed by atoms with Crippen molar-refractivity contribution in [3.8, 4) is 0 Å². The second kappa shape index (κ2) is 6.31. The Hall–Kier alpha value is -2.18. The summed E-state index contributed by atoms with van der Waals surface area (Å²) in [5, 5.41) is 12.0. The van der Waals surface area contributed by atoms with Crippen molar-refractivity contribution in [1.29, 1.82) is 0 Å². The Kier molecular flexibility index (Phi) is 4.49. The van der Waals surface area contributed by atoms with Crippen LogP contribution in [0.25, 0.3) is 0 Å². The zero-order valence-corrected chi connectivity index (χ0v) is 12.1. The van der Waals surface area contributed by atoms with E-state index < -0.39 is 0 Å². The maximum Gasteiger partial charge on any atom is 0.227 e. The first-order valence-electron chi connectivity index (χ1n) is 6.71. The quantitative estimate of drug-likeness (QED) is 0.782. The van der Waals surface area contributed by atoms with Gasteiger partial charge in [0.2, 0.25) is 5.91 Å². The van der Waals surface area contributed by atoms with E-state index in [-0.39, 0.29) is 11.8 Å². The van der Waals surface area contributed by atoms with Gasteiger partial charge in [-0.1, -0.05) is 6.92 Å². The second-order valence-corrected chi connectivity index (χ2v) is 4.86. The molecule has 0 radical (unpaired) electrons. The van der Waals surface area contributed by atoms with Crippen LogP contribution in [0.2, 0.25) is 0 Å². The van der Waals surface area contributed by atoms with Crippen molar-refractivity contribution in [3.05, 3.63) is 30.6 Å². The Morgan fingerprint density at radius 2 is 2.30 bits per heavy atom. The van der Waals surface area contributed by atoms with Crippen LogP contribution in [0.15, 0.2) is 24.8 Å². The molecule has 0 N–H and O–H groups in total. The van der Waals surface area contributed by atoms with Crippen LogP contribution in [0.5, 0.6) is 0 Å². The van der Waals surface area contributed by atoms with Gasteiger partial charge in [0.25, 0.3) is 0 Å². The standard InChI is InChI=1S/C13H20N6O/c1-4-18-10-14-16-12(18)9-17(3)13(20)11(2)8-19-7-5-6-15-19/h5-7,10-11H,4,8-9H2,1-3H3. The summed E-state index contributed by atoms with van der Waals surface area (Å²) in [5.74, 6) is 0.749. The third-order valence-electron chi connectivity index (χ3n) is 3.23. The lowest BCUT2D eigenvalue weighted by molar-refractivity contribution is -0.134. The van der Waals surface area contributed by atoms with Gasteiger partial charge in [0.05, 0.1) is 19.0 Å². The molecule has 108 valence electrons. The molecule has 7 nitrogen and oxygen atoms in total. The molecule has 2 aromatic rings. The van der Waals surface area contributed by atoms with Crippen LogP contribution in [0, 0.1) is 5.92 Å². The number of carbonyl (C=O) groups is 1. The average molecular weight is 276 g/mol. The zero-order chi connectivity index (χ0) is 14.5. The van der Waals surface area contributed by atoms with Gasteiger partial charge in [-0.3, -0.25) is 9.48 Å². The fourth-order valence-corrected chi connectivity index (χ4v) is 2.10. The molecule has 0 aliphatic rings. The minimum absolute atomic E-state index is 0.0751. The number of hydrogen-bond donors (Lipinski definition) is 0. The van der Waals surface area contributed by atoms with E-state index in [0.717, 1.165) is 12.4 Å². The van der Waals surface area contributed by atoms with E-state index in [2.05, 4.69) is 15.3 Å². The molecule has 0 aromatic carbocycles. The number of aryl methyl sites for hydroxylation is 1. The molecule has 0 saturated carbocycles. The van der Waals surface area contributed by atoms with E-state index in [0.29, 0.717) is 13.1 Å². The van der Waals surface area contributed by atoms with Gasteiger partial charge in [-0.15, -0.1) is 10.2 Å². The number of nitrogens with zero attached hydrogens (tertiary/aromatic N) is 6. The summed E-state index contributed by atoms with van der Waals surface area (Å²) in [6.45, 7) is 5.78. The Morgan fingerprint density at radius 1 is 1.50 bits per heavy atom. The fourth-order valence-electron chi connectivity index (χ4n) is 2.10. The summed E-state index contributed by atoms with van der Waals surface area (Å²) >= 11 is 0. The highest BCUT2D eigenvalue weighted by atomic mass is 16.2. The normalized spacial score (nSPS) is 12.3. The summed E-state index contributed by atoms with van der Waals surface area (Å²) in [6, 6.07) is 1.85. The Labute approximate surface area is 118 Å². The largest absolute Gasteiger partial charge is 0.338 e. The summed E-state index contributed by atoms with van der Waals surface area (Å²) in [4.78, 5) is 14.0. The van der Waals surface area contributed by atoms with Crippen molar-refractivity contribution in [2.75, 3.05) is 7.05 Å². The minimum atomic E-state index is -0.127. The van der Waals surface area contributed by atoms with Gasteiger partial charge in [-0.25, -0.2) is 0 Å². The van der Waals surface area contributed by atoms with Gasteiger partial charge in [0.15, 0.2) is 5.82 Å². The van der Waals surface area contributed by atoms with Crippen molar-refractivity contribution < 1.29 is 4.79 Å². The molecule has 2 rings (SSSR count). The van der Waals surface area contributed by atoms with Crippen LogP contribution in [0.4, 0.5) is 0 Å². The van der Waals surface area contributed by atoms with Crippen LogP contribution in [-0.4, -0.2) is 42.4 Å². The zero-order valence-electron chi connectivity index (χ0n) is 12.1. The molecule has 1 amide bonds. The van der Waals surface area contributed by atoms with E-state index in [9.17, 15) is 4.79 Å². The molecule has 20 heavy (non-hydrogen) atoms. The van der Waals surface area contributed by atoms with E-state index in [4.69, 9.17) is 0 Å². The van der Waals surface area contributed by atoms with Crippen LogP contribution < -0.4 is 0 Å². The van der Waals surface area contributed by atoms with Crippen molar-refractivity contribution in [1.82, 2.24) is 29.4 Å². The maximum absolute atomic E-state index is 12.3. The highest BCUT2D eigenvalue weighted by Crippen LogP contribution is 2.07.